The smallest absolute Gasteiger partial charge is 0.150 e. The molecule has 6 heteroatoms. The molecule has 0 N–H and O–H groups in total. The minimum absolute atomic E-state index is 0.238. The predicted molar refractivity (Wildman–Crippen MR) is 71.5 cm³/mol. The molecule has 3 aromatic rings. The molecule has 0 aliphatic rings. The van der Waals surface area contributed by atoms with Crippen LogP contribution in [0, 0.1) is 5.82 Å². The van der Waals surface area contributed by atoms with Crippen molar-refractivity contribution in [1.29, 1.82) is 0 Å². The van der Waals surface area contributed by atoms with Crippen LogP contribution in [-0.2, 0) is 0 Å². The highest BCUT2D eigenvalue weighted by Crippen LogP contribution is 2.26. The molecule has 0 saturated heterocycles. The number of nitrogens with zero attached hydrogens (tertiary/aromatic N) is 3. The summed E-state index contributed by atoms with van der Waals surface area (Å²) in [6.07, 6.45) is 3.32. The standard InChI is InChI=1S/C12H6BrClFN3/c13-12-7-6-18(17-10(7)4-5-16-12)11-8(14)2-1-3-9(11)15/h1-6H. The van der Waals surface area contributed by atoms with E-state index in [0.717, 1.165) is 10.9 Å². The third-order valence-electron chi connectivity index (χ3n) is 2.55. The Labute approximate surface area is 115 Å². The van der Waals surface area contributed by atoms with E-state index in [4.69, 9.17) is 11.6 Å². The summed E-state index contributed by atoms with van der Waals surface area (Å²) in [6, 6.07) is 6.29. The van der Waals surface area contributed by atoms with Crippen molar-refractivity contribution in [2.24, 2.45) is 0 Å². The molecule has 0 aliphatic heterocycles. The summed E-state index contributed by atoms with van der Waals surface area (Å²) in [7, 11) is 0. The highest BCUT2D eigenvalue weighted by Gasteiger charge is 2.12. The van der Waals surface area contributed by atoms with Crippen LogP contribution >= 0.6 is 27.5 Å². The average molecular weight is 327 g/mol. The lowest BCUT2D eigenvalue weighted by Gasteiger charge is -2.04. The quantitative estimate of drug-likeness (QED) is 0.633. The van der Waals surface area contributed by atoms with Gasteiger partial charge >= 0.3 is 0 Å². The third-order valence-corrected chi connectivity index (χ3v) is 3.49. The van der Waals surface area contributed by atoms with Crippen molar-refractivity contribution >= 4 is 38.4 Å². The number of hydrogen-bond donors (Lipinski definition) is 0. The Morgan fingerprint density at radius 2 is 2.11 bits per heavy atom. The maximum absolute atomic E-state index is 13.8. The molecule has 0 amide bonds. The second-order valence-electron chi connectivity index (χ2n) is 3.68. The predicted octanol–water partition coefficient (Wildman–Crippen LogP) is 3.98. The van der Waals surface area contributed by atoms with E-state index in [1.165, 1.54) is 10.7 Å². The molecular formula is C12H6BrClFN3. The molecule has 2 heterocycles. The minimum atomic E-state index is -0.417. The fraction of sp³-hybridized carbons (Fsp3) is 0. The van der Waals surface area contributed by atoms with Crippen molar-refractivity contribution < 1.29 is 4.39 Å². The van der Waals surface area contributed by atoms with Gasteiger partial charge in [0.25, 0.3) is 0 Å². The number of rotatable bonds is 1. The number of pyridine rings is 1. The summed E-state index contributed by atoms with van der Waals surface area (Å²) in [5.74, 6) is -0.417. The van der Waals surface area contributed by atoms with Gasteiger partial charge in [-0.15, -0.1) is 0 Å². The van der Waals surface area contributed by atoms with Gasteiger partial charge in [-0.05, 0) is 34.1 Å². The molecule has 0 atom stereocenters. The summed E-state index contributed by atoms with van der Waals surface area (Å²) in [6.45, 7) is 0. The van der Waals surface area contributed by atoms with Gasteiger partial charge in [-0.25, -0.2) is 14.1 Å². The minimum Gasteiger partial charge on any atom is -0.249 e. The summed E-state index contributed by atoms with van der Waals surface area (Å²) >= 11 is 9.33. The summed E-state index contributed by atoms with van der Waals surface area (Å²) < 4.78 is 15.9. The Morgan fingerprint density at radius 1 is 1.28 bits per heavy atom. The van der Waals surface area contributed by atoms with Crippen LogP contribution in [0.1, 0.15) is 0 Å². The van der Waals surface area contributed by atoms with Crippen LogP contribution in [0.2, 0.25) is 5.02 Å². The van der Waals surface area contributed by atoms with E-state index in [2.05, 4.69) is 26.0 Å². The zero-order valence-electron chi connectivity index (χ0n) is 8.94. The largest absolute Gasteiger partial charge is 0.249 e. The lowest BCUT2D eigenvalue weighted by Crippen LogP contribution is -1.98. The zero-order chi connectivity index (χ0) is 12.7. The summed E-state index contributed by atoms with van der Waals surface area (Å²) in [5, 5.41) is 5.40. The van der Waals surface area contributed by atoms with Gasteiger partial charge in [0.05, 0.1) is 15.9 Å². The Balaban J connectivity index is 2.30. The average Bonchev–Trinajstić information content (AvgIpc) is 2.74. The molecule has 90 valence electrons. The summed E-state index contributed by atoms with van der Waals surface area (Å²) in [4.78, 5) is 4.10. The highest BCUT2D eigenvalue weighted by atomic mass is 79.9. The zero-order valence-corrected chi connectivity index (χ0v) is 11.3. The van der Waals surface area contributed by atoms with E-state index in [-0.39, 0.29) is 5.69 Å². The third kappa shape index (κ3) is 1.79. The molecule has 0 unspecified atom stereocenters. The van der Waals surface area contributed by atoms with Crippen molar-refractivity contribution in [3.63, 3.8) is 0 Å². The van der Waals surface area contributed by atoms with Crippen molar-refractivity contribution in [3.05, 3.63) is 52.1 Å². The number of aromatic nitrogens is 3. The van der Waals surface area contributed by atoms with E-state index in [9.17, 15) is 4.39 Å². The van der Waals surface area contributed by atoms with E-state index >= 15 is 0 Å². The second kappa shape index (κ2) is 4.33. The second-order valence-corrected chi connectivity index (χ2v) is 4.84. The monoisotopic (exact) mass is 325 g/mol. The number of fused-ring (bicyclic) bond motifs is 1. The molecule has 0 fully saturated rings. The van der Waals surface area contributed by atoms with Gasteiger partial charge in [0, 0.05) is 12.4 Å². The highest BCUT2D eigenvalue weighted by molar-refractivity contribution is 9.10. The van der Waals surface area contributed by atoms with Crippen molar-refractivity contribution in [2.45, 2.75) is 0 Å². The molecule has 18 heavy (non-hydrogen) atoms. The van der Waals surface area contributed by atoms with Gasteiger partial charge in [0.2, 0.25) is 0 Å². The molecule has 0 saturated carbocycles. The first-order valence-electron chi connectivity index (χ1n) is 5.11. The first-order chi connectivity index (χ1) is 8.66. The van der Waals surface area contributed by atoms with Gasteiger partial charge in [-0.1, -0.05) is 17.7 Å². The van der Waals surface area contributed by atoms with Gasteiger partial charge in [0.1, 0.15) is 16.1 Å². The molecule has 0 bridgehead atoms. The number of halogens is 3. The maximum Gasteiger partial charge on any atom is 0.150 e. The van der Waals surface area contributed by atoms with E-state index in [0.29, 0.717) is 9.63 Å². The Morgan fingerprint density at radius 3 is 2.83 bits per heavy atom. The topological polar surface area (TPSA) is 30.7 Å². The van der Waals surface area contributed by atoms with Crippen LogP contribution in [0.15, 0.2) is 41.3 Å². The number of para-hydroxylation sites is 1. The van der Waals surface area contributed by atoms with Gasteiger partial charge in [-0.2, -0.15) is 5.10 Å². The van der Waals surface area contributed by atoms with Crippen molar-refractivity contribution in [1.82, 2.24) is 14.8 Å². The molecule has 0 spiro atoms. The van der Waals surface area contributed by atoms with Crippen molar-refractivity contribution in [3.8, 4) is 5.69 Å². The van der Waals surface area contributed by atoms with Crippen LogP contribution in [0.3, 0.4) is 0 Å². The van der Waals surface area contributed by atoms with Crippen LogP contribution in [-0.4, -0.2) is 14.8 Å². The molecule has 0 aliphatic carbocycles. The fourth-order valence-electron chi connectivity index (χ4n) is 1.73. The molecule has 3 rings (SSSR count). The normalized spacial score (nSPS) is 11.1. The Hall–Kier alpha value is -1.46. The SMILES string of the molecule is Fc1cccc(Cl)c1-n1cc2c(Br)nccc2n1. The Kier molecular flexibility index (Phi) is 2.80. The number of benzene rings is 1. The van der Waals surface area contributed by atoms with Crippen LogP contribution < -0.4 is 0 Å². The van der Waals surface area contributed by atoms with E-state index in [1.807, 2.05) is 0 Å². The molecule has 1 aromatic carbocycles. The lowest BCUT2D eigenvalue weighted by molar-refractivity contribution is 0.612. The van der Waals surface area contributed by atoms with Gasteiger partial charge < -0.3 is 0 Å². The van der Waals surface area contributed by atoms with Crippen LogP contribution in [0.4, 0.5) is 4.39 Å². The molecular weight excluding hydrogens is 321 g/mol. The first-order valence-corrected chi connectivity index (χ1v) is 6.28. The van der Waals surface area contributed by atoms with Crippen LogP contribution in [0.25, 0.3) is 16.6 Å². The van der Waals surface area contributed by atoms with E-state index < -0.39 is 5.82 Å². The van der Waals surface area contributed by atoms with E-state index in [1.54, 1.807) is 30.6 Å². The number of hydrogen-bond acceptors (Lipinski definition) is 2. The molecule has 3 nitrogen and oxygen atoms in total. The first kappa shape index (κ1) is 11.6. The van der Waals surface area contributed by atoms with Crippen molar-refractivity contribution in [2.75, 3.05) is 0 Å². The molecule has 2 aromatic heterocycles. The molecule has 0 radical (unpaired) electrons. The fourth-order valence-corrected chi connectivity index (χ4v) is 2.41. The lowest BCUT2D eigenvalue weighted by atomic mass is 10.3. The Bertz CT molecular complexity index is 721. The van der Waals surface area contributed by atoms with Gasteiger partial charge in [0.15, 0.2) is 0 Å². The van der Waals surface area contributed by atoms with Gasteiger partial charge in [-0.3, -0.25) is 0 Å². The van der Waals surface area contributed by atoms with Crippen LogP contribution in [0.5, 0.6) is 0 Å². The summed E-state index contributed by atoms with van der Waals surface area (Å²) in [5.41, 5.74) is 0.957. The maximum atomic E-state index is 13.8.